The quantitative estimate of drug-likeness (QED) is 0.394. The molecular formula is C28H29N3O3. The molecule has 4 aromatic rings. The fourth-order valence-electron chi connectivity index (χ4n) is 4.16. The maximum atomic E-state index is 13.4. The second-order valence-corrected chi connectivity index (χ2v) is 8.64. The van der Waals surface area contributed by atoms with Gasteiger partial charge in [-0.3, -0.25) is 18.7 Å². The third kappa shape index (κ3) is 5.17. The molecule has 6 nitrogen and oxygen atoms in total. The summed E-state index contributed by atoms with van der Waals surface area (Å²) in [4.78, 5) is 38.7. The Bertz CT molecular complexity index is 1440. The van der Waals surface area contributed by atoms with Gasteiger partial charge in [0.25, 0.3) is 5.56 Å². The maximum absolute atomic E-state index is 13.4. The largest absolute Gasteiger partial charge is 0.331 e. The number of benzene rings is 3. The molecule has 174 valence electrons. The lowest BCUT2D eigenvalue weighted by Crippen LogP contribution is -2.40. The summed E-state index contributed by atoms with van der Waals surface area (Å²) in [5.74, 6) is -0.0793. The fraction of sp³-hybridized carbons (Fsp3) is 0.250. The molecule has 0 saturated carbocycles. The first-order chi connectivity index (χ1) is 16.4. The van der Waals surface area contributed by atoms with Gasteiger partial charge in [-0.25, -0.2) is 4.79 Å². The van der Waals surface area contributed by atoms with Crippen molar-refractivity contribution < 1.29 is 4.79 Å². The summed E-state index contributed by atoms with van der Waals surface area (Å²) in [5.41, 5.74) is 4.06. The van der Waals surface area contributed by atoms with Gasteiger partial charge in [-0.2, -0.15) is 0 Å². The Morgan fingerprint density at radius 3 is 2.38 bits per heavy atom. The Hall–Kier alpha value is -3.93. The van der Waals surface area contributed by atoms with Gasteiger partial charge in [0, 0.05) is 18.7 Å². The highest BCUT2D eigenvalue weighted by atomic mass is 16.2. The van der Waals surface area contributed by atoms with Crippen LogP contribution in [0.5, 0.6) is 0 Å². The first-order valence-corrected chi connectivity index (χ1v) is 11.6. The Balaban J connectivity index is 1.54. The van der Waals surface area contributed by atoms with E-state index < -0.39 is 0 Å². The van der Waals surface area contributed by atoms with E-state index in [0.29, 0.717) is 36.7 Å². The molecule has 1 N–H and O–H groups in total. The lowest BCUT2D eigenvalue weighted by atomic mass is 10.1. The summed E-state index contributed by atoms with van der Waals surface area (Å²) < 4.78 is 2.99. The molecule has 1 amide bonds. The standard InChI is InChI=1S/C28H29N3O3/c1-20-15-16-21(2)22(18-20)19-31-25-13-7-6-12-24(25)27(33)30(28(31)34)17-9-8-14-26(32)29-23-10-4-3-5-11-23/h3-7,10-13,15-16,18H,8-9,14,17,19H2,1-2H3,(H,29,32). The van der Waals surface area contributed by atoms with E-state index in [2.05, 4.69) is 23.5 Å². The average Bonchev–Trinajstić information content (AvgIpc) is 2.84. The van der Waals surface area contributed by atoms with Gasteiger partial charge < -0.3 is 5.32 Å². The van der Waals surface area contributed by atoms with Crippen molar-refractivity contribution in [3.63, 3.8) is 0 Å². The number of para-hydroxylation sites is 2. The number of aryl methyl sites for hydroxylation is 2. The molecule has 1 aromatic heterocycles. The van der Waals surface area contributed by atoms with Crippen molar-refractivity contribution in [2.24, 2.45) is 0 Å². The fourth-order valence-corrected chi connectivity index (χ4v) is 4.16. The van der Waals surface area contributed by atoms with E-state index in [-0.39, 0.29) is 23.7 Å². The first-order valence-electron chi connectivity index (χ1n) is 11.6. The molecule has 0 aliphatic rings. The molecule has 4 rings (SSSR count). The van der Waals surface area contributed by atoms with Gasteiger partial charge in [0.2, 0.25) is 5.91 Å². The molecule has 0 radical (unpaired) electrons. The Morgan fingerprint density at radius 1 is 0.853 bits per heavy atom. The van der Waals surface area contributed by atoms with Crippen molar-refractivity contribution in [1.29, 1.82) is 0 Å². The predicted octanol–water partition coefficient (Wildman–Crippen LogP) is 4.64. The summed E-state index contributed by atoms with van der Waals surface area (Å²) in [6, 6.07) is 22.7. The number of carbonyl (C=O) groups is 1. The van der Waals surface area contributed by atoms with Crippen molar-refractivity contribution in [2.45, 2.75) is 46.2 Å². The lowest BCUT2D eigenvalue weighted by Gasteiger charge is -2.16. The van der Waals surface area contributed by atoms with Gasteiger partial charge in [0.1, 0.15) is 0 Å². The van der Waals surface area contributed by atoms with Crippen molar-refractivity contribution in [3.8, 4) is 0 Å². The minimum atomic E-state index is -0.321. The molecule has 0 aliphatic carbocycles. The number of amides is 1. The maximum Gasteiger partial charge on any atom is 0.331 e. The van der Waals surface area contributed by atoms with Gasteiger partial charge >= 0.3 is 5.69 Å². The van der Waals surface area contributed by atoms with Crippen LogP contribution in [0.2, 0.25) is 0 Å². The monoisotopic (exact) mass is 455 g/mol. The molecule has 0 atom stereocenters. The highest BCUT2D eigenvalue weighted by molar-refractivity contribution is 5.90. The minimum Gasteiger partial charge on any atom is -0.326 e. The minimum absolute atomic E-state index is 0.0793. The number of hydrogen-bond donors (Lipinski definition) is 1. The molecule has 0 spiro atoms. The number of anilines is 1. The zero-order valence-corrected chi connectivity index (χ0v) is 19.6. The lowest BCUT2D eigenvalue weighted by molar-refractivity contribution is -0.116. The van der Waals surface area contributed by atoms with E-state index in [1.165, 1.54) is 4.57 Å². The zero-order chi connectivity index (χ0) is 24.1. The number of aromatic nitrogens is 2. The van der Waals surface area contributed by atoms with Crippen molar-refractivity contribution in [2.75, 3.05) is 5.32 Å². The average molecular weight is 456 g/mol. The summed E-state index contributed by atoms with van der Waals surface area (Å²) in [5, 5.41) is 3.38. The summed E-state index contributed by atoms with van der Waals surface area (Å²) in [6.07, 6.45) is 1.46. The van der Waals surface area contributed by atoms with E-state index in [1.807, 2.05) is 62.4 Å². The van der Waals surface area contributed by atoms with E-state index in [4.69, 9.17) is 0 Å². The van der Waals surface area contributed by atoms with Crippen LogP contribution < -0.4 is 16.6 Å². The Labute approximate surface area is 198 Å². The third-order valence-electron chi connectivity index (χ3n) is 6.06. The van der Waals surface area contributed by atoms with Crippen LogP contribution in [-0.2, 0) is 17.9 Å². The van der Waals surface area contributed by atoms with Gasteiger partial charge in [-0.15, -0.1) is 0 Å². The number of nitrogens with one attached hydrogen (secondary N) is 1. The zero-order valence-electron chi connectivity index (χ0n) is 19.6. The van der Waals surface area contributed by atoms with Crippen LogP contribution in [0.4, 0.5) is 5.69 Å². The smallest absolute Gasteiger partial charge is 0.326 e. The van der Waals surface area contributed by atoms with Crippen LogP contribution in [0, 0.1) is 13.8 Å². The molecule has 1 heterocycles. The van der Waals surface area contributed by atoms with Crippen molar-refractivity contribution >= 4 is 22.5 Å². The van der Waals surface area contributed by atoms with Gasteiger partial charge in [-0.05, 0) is 62.1 Å². The topological polar surface area (TPSA) is 73.1 Å². The van der Waals surface area contributed by atoms with Crippen LogP contribution in [0.25, 0.3) is 10.9 Å². The van der Waals surface area contributed by atoms with Gasteiger partial charge in [0.05, 0.1) is 17.4 Å². The second kappa shape index (κ2) is 10.3. The molecule has 6 heteroatoms. The molecular weight excluding hydrogens is 426 g/mol. The van der Waals surface area contributed by atoms with E-state index in [0.717, 1.165) is 22.4 Å². The first kappa shape index (κ1) is 23.2. The number of nitrogens with zero attached hydrogens (tertiary/aromatic N) is 2. The van der Waals surface area contributed by atoms with E-state index >= 15 is 0 Å². The molecule has 0 saturated heterocycles. The second-order valence-electron chi connectivity index (χ2n) is 8.64. The number of unbranched alkanes of at least 4 members (excludes halogenated alkanes) is 1. The van der Waals surface area contributed by atoms with Crippen LogP contribution in [0.1, 0.15) is 36.0 Å². The number of rotatable bonds is 8. The molecule has 34 heavy (non-hydrogen) atoms. The highest BCUT2D eigenvalue weighted by Crippen LogP contribution is 2.15. The Morgan fingerprint density at radius 2 is 1.59 bits per heavy atom. The summed E-state index contributed by atoms with van der Waals surface area (Å²) in [6.45, 7) is 4.72. The van der Waals surface area contributed by atoms with Gasteiger partial charge in [0.15, 0.2) is 0 Å². The molecule has 0 aliphatic heterocycles. The van der Waals surface area contributed by atoms with Crippen LogP contribution in [-0.4, -0.2) is 15.0 Å². The molecule has 3 aromatic carbocycles. The highest BCUT2D eigenvalue weighted by Gasteiger charge is 2.14. The molecule has 0 fully saturated rings. The normalized spacial score (nSPS) is 11.0. The van der Waals surface area contributed by atoms with Crippen LogP contribution >= 0.6 is 0 Å². The number of hydrogen-bond acceptors (Lipinski definition) is 3. The summed E-state index contributed by atoms with van der Waals surface area (Å²) in [7, 11) is 0. The number of carbonyl (C=O) groups excluding carboxylic acids is 1. The Kier molecular flexibility index (Phi) is 7.07. The SMILES string of the molecule is Cc1ccc(C)c(Cn2c(=O)n(CCCCC(=O)Nc3ccccc3)c(=O)c3ccccc32)c1. The van der Waals surface area contributed by atoms with E-state index in [9.17, 15) is 14.4 Å². The molecule has 0 bridgehead atoms. The summed E-state index contributed by atoms with van der Waals surface area (Å²) >= 11 is 0. The van der Waals surface area contributed by atoms with Crippen molar-refractivity contribution in [1.82, 2.24) is 9.13 Å². The molecule has 0 unspecified atom stereocenters. The van der Waals surface area contributed by atoms with Crippen LogP contribution in [0.3, 0.4) is 0 Å². The number of fused-ring (bicyclic) bond motifs is 1. The van der Waals surface area contributed by atoms with Crippen molar-refractivity contribution in [3.05, 3.63) is 110 Å². The predicted molar refractivity (Wildman–Crippen MR) is 136 cm³/mol. The third-order valence-corrected chi connectivity index (χ3v) is 6.06. The van der Waals surface area contributed by atoms with E-state index in [1.54, 1.807) is 10.6 Å². The van der Waals surface area contributed by atoms with Crippen LogP contribution in [0.15, 0.2) is 82.4 Å². The van der Waals surface area contributed by atoms with Gasteiger partial charge in [-0.1, -0.05) is 54.1 Å².